The van der Waals surface area contributed by atoms with Gasteiger partial charge in [0.2, 0.25) is 5.91 Å². The Bertz CT molecular complexity index is 737. The van der Waals surface area contributed by atoms with Gasteiger partial charge in [0.05, 0.1) is 11.6 Å². The molecule has 1 amide bonds. The third-order valence-electron chi connectivity index (χ3n) is 4.08. The van der Waals surface area contributed by atoms with Crippen LogP contribution in [0.4, 0.5) is 0 Å². The lowest BCUT2D eigenvalue weighted by atomic mass is 10.2. The van der Waals surface area contributed by atoms with Gasteiger partial charge in [-0.3, -0.25) is 9.80 Å². The van der Waals surface area contributed by atoms with E-state index in [0.717, 1.165) is 11.1 Å². The van der Waals surface area contributed by atoms with Gasteiger partial charge in [0.25, 0.3) is 0 Å². The SMILES string of the molecule is CC(=O)N1NC(c2ccccc2O)P(C)C1c1ccccc1O. The Balaban J connectivity index is 2.04. The zero-order chi connectivity index (χ0) is 16.6. The zero-order valence-electron chi connectivity index (χ0n) is 13.0. The van der Waals surface area contributed by atoms with Crippen LogP contribution < -0.4 is 5.43 Å². The molecule has 3 N–H and O–H groups in total. The van der Waals surface area contributed by atoms with E-state index in [9.17, 15) is 15.0 Å². The highest BCUT2D eigenvalue weighted by atomic mass is 31.1. The van der Waals surface area contributed by atoms with Crippen LogP contribution in [-0.4, -0.2) is 27.8 Å². The number of aromatic hydroxyl groups is 2. The fourth-order valence-corrected chi connectivity index (χ4v) is 5.45. The van der Waals surface area contributed by atoms with E-state index in [1.54, 1.807) is 29.3 Å². The number of phenols is 2. The number of nitrogens with zero attached hydrogens (tertiary/aromatic N) is 1. The molecule has 1 heterocycles. The van der Waals surface area contributed by atoms with Gasteiger partial charge in [-0.25, -0.2) is 5.43 Å². The molecule has 0 aliphatic carbocycles. The molecule has 2 aromatic carbocycles. The molecule has 1 aliphatic rings. The molecule has 6 heteroatoms. The first-order valence-electron chi connectivity index (χ1n) is 7.34. The van der Waals surface area contributed by atoms with Crippen LogP contribution in [-0.2, 0) is 4.79 Å². The third kappa shape index (κ3) is 2.78. The molecule has 1 aliphatic heterocycles. The van der Waals surface area contributed by atoms with Crippen LogP contribution in [0.2, 0.25) is 0 Å². The van der Waals surface area contributed by atoms with Crippen molar-refractivity contribution >= 4 is 13.8 Å². The maximum Gasteiger partial charge on any atom is 0.234 e. The average Bonchev–Trinajstić information content (AvgIpc) is 2.86. The molecule has 3 atom stereocenters. The van der Waals surface area contributed by atoms with E-state index in [4.69, 9.17) is 0 Å². The van der Waals surface area contributed by atoms with Gasteiger partial charge in [-0.2, -0.15) is 0 Å². The second kappa shape index (κ2) is 6.19. The van der Waals surface area contributed by atoms with Crippen LogP contribution in [0.3, 0.4) is 0 Å². The number of hydrazine groups is 1. The van der Waals surface area contributed by atoms with Gasteiger partial charge in [0, 0.05) is 18.1 Å². The van der Waals surface area contributed by atoms with Crippen molar-refractivity contribution in [2.75, 3.05) is 6.66 Å². The first-order chi connectivity index (χ1) is 11.0. The first kappa shape index (κ1) is 15.8. The largest absolute Gasteiger partial charge is 0.508 e. The number of nitrogens with one attached hydrogen (secondary N) is 1. The van der Waals surface area contributed by atoms with Gasteiger partial charge in [-0.05, 0) is 18.8 Å². The monoisotopic (exact) mass is 330 g/mol. The van der Waals surface area contributed by atoms with Crippen molar-refractivity contribution < 1.29 is 15.0 Å². The molecule has 1 saturated heterocycles. The third-order valence-corrected chi connectivity index (χ3v) is 6.57. The summed E-state index contributed by atoms with van der Waals surface area (Å²) >= 11 is 0. The Morgan fingerprint density at radius 3 is 2.09 bits per heavy atom. The minimum absolute atomic E-state index is 0.120. The molecule has 3 unspecified atom stereocenters. The predicted molar refractivity (Wildman–Crippen MR) is 90.2 cm³/mol. The van der Waals surface area contributed by atoms with E-state index in [1.807, 2.05) is 24.3 Å². The number of hydrogen-bond donors (Lipinski definition) is 3. The summed E-state index contributed by atoms with van der Waals surface area (Å²) in [6, 6.07) is 14.2. The van der Waals surface area contributed by atoms with Crippen molar-refractivity contribution in [1.82, 2.24) is 10.4 Å². The Morgan fingerprint density at radius 1 is 1.04 bits per heavy atom. The lowest BCUT2D eigenvalue weighted by molar-refractivity contribution is -0.132. The van der Waals surface area contributed by atoms with E-state index >= 15 is 0 Å². The summed E-state index contributed by atoms with van der Waals surface area (Å²) in [6.07, 6.45) is 0. The highest BCUT2D eigenvalue weighted by Crippen LogP contribution is 2.65. The van der Waals surface area contributed by atoms with Gasteiger partial charge in [0.15, 0.2) is 0 Å². The summed E-state index contributed by atoms with van der Waals surface area (Å²) in [5, 5.41) is 21.9. The molecule has 3 rings (SSSR count). The lowest BCUT2D eigenvalue weighted by Crippen LogP contribution is -2.37. The number of hydrogen-bond acceptors (Lipinski definition) is 4. The number of phenolic OH excluding ortho intramolecular Hbond substituents is 2. The van der Waals surface area contributed by atoms with Gasteiger partial charge >= 0.3 is 0 Å². The molecule has 0 radical (unpaired) electrons. The predicted octanol–water partition coefficient (Wildman–Crippen LogP) is 3.27. The highest BCUT2D eigenvalue weighted by Gasteiger charge is 2.43. The van der Waals surface area contributed by atoms with Crippen molar-refractivity contribution in [2.24, 2.45) is 0 Å². The molecule has 2 aromatic rings. The number of rotatable bonds is 2. The maximum absolute atomic E-state index is 12.1. The summed E-state index contributed by atoms with van der Waals surface area (Å²) in [4.78, 5) is 12.1. The fourth-order valence-electron chi connectivity index (χ4n) is 2.95. The van der Waals surface area contributed by atoms with E-state index in [0.29, 0.717) is 0 Å². The van der Waals surface area contributed by atoms with Crippen molar-refractivity contribution in [1.29, 1.82) is 0 Å². The summed E-state index contributed by atoms with van der Waals surface area (Å²) < 4.78 is 0. The van der Waals surface area contributed by atoms with Crippen LogP contribution in [0.25, 0.3) is 0 Å². The van der Waals surface area contributed by atoms with Crippen molar-refractivity contribution in [3.63, 3.8) is 0 Å². The van der Waals surface area contributed by atoms with Gasteiger partial charge < -0.3 is 10.2 Å². The van der Waals surface area contributed by atoms with Crippen LogP contribution in [0.1, 0.15) is 29.6 Å². The van der Waals surface area contributed by atoms with Crippen LogP contribution in [0, 0.1) is 0 Å². The normalized spacial score (nSPS) is 23.9. The Hall–Kier alpha value is -2.10. The standard InChI is InChI=1S/C17H19N2O3P/c1-11(20)19-17(13-8-4-6-10-15(13)22)23(2)16(18-19)12-7-3-5-9-14(12)21/h3-10,16-18,21-22H,1-2H3. The van der Waals surface area contributed by atoms with E-state index in [1.165, 1.54) is 6.92 Å². The molecule has 0 saturated carbocycles. The lowest BCUT2D eigenvalue weighted by Gasteiger charge is -2.25. The second-order valence-electron chi connectivity index (χ2n) is 5.58. The van der Waals surface area contributed by atoms with Gasteiger partial charge in [-0.15, -0.1) is 0 Å². The van der Waals surface area contributed by atoms with Crippen LogP contribution >= 0.6 is 7.92 Å². The zero-order valence-corrected chi connectivity index (χ0v) is 13.9. The Morgan fingerprint density at radius 2 is 1.57 bits per heavy atom. The molecule has 0 aromatic heterocycles. The van der Waals surface area contributed by atoms with E-state index in [-0.39, 0.29) is 29.0 Å². The van der Waals surface area contributed by atoms with Crippen molar-refractivity contribution in [3.8, 4) is 11.5 Å². The van der Waals surface area contributed by atoms with E-state index in [2.05, 4.69) is 12.1 Å². The fraction of sp³-hybridized carbons (Fsp3) is 0.235. The highest BCUT2D eigenvalue weighted by molar-refractivity contribution is 7.57. The van der Waals surface area contributed by atoms with Gasteiger partial charge in [-0.1, -0.05) is 44.3 Å². The molecular formula is C17H19N2O3P. The minimum atomic E-state index is -0.775. The van der Waals surface area contributed by atoms with E-state index < -0.39 is 7.92 Å². The van der Waals surface area contributed by atoms with Crippen molar-refractivity contribution in [3.05, 3.63) is 59.7 Å². The van der Waals surface area contributed by atoms with Crippen molar-refractivity contribution in [2.45, 2.75) is 18.5 Å². The van der Waals surface area contributed by atoms with Gasteiger partial charge in [0.1, 0.15) is 11.5 Å². The smallest absolute Gasteiger partial charge is 0.234 e. The molecule has 0 bridgehead atoms. The first-order valence-corrected chi connectivity index (χ1v) is 9.27. The number of carbonyl (C=O) groups is 1. The van der Waals surface area contributed by atoms with Crippen LogP contribution in [0.5, 0.6) is 11.5 Å². The number of para-hydroxylation sites is 2. The quantitative estimate of drug-likeness (QED) is 0.739. The van der Waals surface area contributed by atoms with Crippen LogP contribution in [0.15, 0.2) is 48.5 Å². The Kier molecular flexibility index (Phi) is 4.24. The topological polar surface area (TPSA) is 72.8 Å². The molecular weight excluding hydrogens is 311 g/mol. The summed E-state index contributed by atoms with van der Waals surface area (Å²) in [6.45, 7) is 3.57. The minimum Gasteiger partial charge on any atom is -0.508 e. The summed E-state index contributed by atoms with van der Waals surface area (Å²) in [5.41, 5.74) is 4.71. The molecule has 23 heavy (non-hydrogen) atoms. The maximum atomic E-state index is 12.1. The average molecular weight is 330 g/mol. The number of benzene rings is 2. The molecule has 0 spiro atoms. The summed E-state index contributed by atoms with van der Waals surface area (Å²) in [5.74, 6) is -0.128. The molecule has 5 nitrogen and oxygen atoms in total. The second-order valence-corrected chi connectivity index (χ2v) is 7.91. The summed E-state index contributed by atoms with van der Waals surface area (Å²) in [7, 11) is -0.775. The molecule has 120 valence electrons. The molecule has 1 fully saturated rings. The number of amides is 1. The number of carbonyl (C=O) groups excluding carboxylic acids is 1. The Labute approximate surface area is 136 Å².